The molecule has 5 aromatic rings. The molecule has 1 amide bonds. The number of para-hydroxylation sites is 3. The predicted molar refractivity (Wildman–Crippen MR) is 127 cm³/mol. The Bertz CT molecular complexity index is 1620. The van der Waals surface area contributed by atoms with Gasteiger partial charge in [-0.3, -0.25) is 14.9 Å². The van der Waals surface area contributed by atoms with Crippen molar-refractivity contribution in [1.29, 1.82) is 0 Å². The number of amides is 1. The molecular formula is C24H17N5O5. The maximum atomic E-state index is 12.7. The van der Waals surface area contributed by atoms with Gasteiger partial charge in [0.05, 0.1) is 45.3 Å². The Kier molecular flexibility index (Phi) is 5.02. The molecule has 2 N–H and O–H groups in total. The molecule has 168 valence electrons. The molecule has 2 aromatic heterocycles. The van der Waals surface area contributed by atoms with Crippen molar-refractivity contribution in [3.05, 3.63) is 93.3 Å². The maximum absolute atomic E-state index is 12.7. The summed E-state index contributed by atoms with van der Waals surface area (Å²) in [4.78, 5) is 48.2. The minimum Gasteiger partial charge on any atom is -0.452 e. The normalized spacial score (nSPS) is 11.0. The molecule has 10 nitrogen and oxygen atoms in total. The monoisotopic (exact) mass is 455 g/mol. The Hall–Kier alpha value is -4.99. The van der Waals surface area contributed by atoms with Crippen LogP contribution in [-0.4, -0.2) is 33.1 Å². The van der Waals surface area contributed by atoms with Crippen LogP contribution in [0.4, 0.5) is 21.9 Å². The van der Waals surface area contributed by atoms with E-state index in [9.17, 15) is 19.7 Å². The highest BCUT2D eigenvalue weighted by Crippen LogP contribution is 2.38. The zero-order valence-electron chi connectivity index (χ0n) is 17.8. The van der Waals surface area contributed by atoms with Gasteiger partial charge < -0.3 is 14.7 Å². The van der Waals surface area contributed by atoms with E-state index in [0.29, 0.717) is 27.9 Å². The second-order valence-electron chi connectivity index (χ2n) is 7.41. The molecule has 10 heteroatoms. The number of carbonyl (C=O) groups excluding carboxylic acids is 1. The van der Waals surface area contributed by atoms with Crippen molar-refractivity contribution in [2.24, 2.45) is 0 Å². The van der Waals surface area contributed by atoms with E-state index >= 15 is 0 Å². The molecule has 0 aliphatic carbocycles. The van der Waals surface area contributed by atoms with Crippen LogP contribution in [0.5, 0.6) is 0 Å². The van der Waals surface area contributed by atoms with Crippen molar-refractivity contribution in [2.75, 3.05) is 12.0 Å². The van der Waals surface area contributed by atoms with Crippen molar-refractivity contribution in [3.8, 4) is 11.4 Å². The molecule has 3 aromatic carbocycles. The molecule has 0 unspecified atom stereocenters. The lowest BCUT2D eigenvalue weighted by Crippen LogP contribution is -2.25. The lowest BCUT2D eigenvalue weighted by molar-refractivity contribution is -0.382. The quantitative estimate of drug-likeness (QED) is 0.293. The fourth-order valence-electron chi connectivity index (χ4n) is 3.89. The number of nitrogens with zero attached hydrogens (tertiary/aromatic N) is 3. The van der Waals surface area contributed by atoms with Crippen LogP contribution in [0.3, 0.4) is 0 Å². The minimum atomic E-state index is -0.656. The molecule has 34 heavy (non-hydrogen) atoms. The van der Waals surface area contributed by atoms with E-state index in [4.69, 9.17) is 4.74 Å². The Morgan fingerprint density at radius 2 is 1.71 bits per heavy atom. The van der Waals surface area contributed by atoms with Gasteiger partial charge in [-0.05, 0) is 42.5 Å². The highest BCUT2D eigenvalue weighted by molar-refractivity contribution is 6.03. The van der Waals surface area contributed by atoms with Crippen LogP contribution < -0.4 is 10.5 Å². The zero-order valence-corrected chi connectivity index (χ0v) is 17.8. The molecule has 0 atom stereocenters. The summed E-state index contributed by atoms with van der Waals surface area (Å²) in [5, 5.41) is 12.3. The molecule has 0 saturated heterocycles. The van der Waals surface area contributed by atoms with E-state index in [1.807, 2.05) is 0 Å². The van der Waals surface area contributed by atoms with Crippen LogP contribution in [0.25, 0.3) is 33.3 Å². The topological polar surface area (TPSA) is 134 Å². The fourth-order valence-corrected chi connectivity index (χ4v) is 3.89. The third kappa shape index (κ3) is 3.43. The van der Waals surface area contributed by atoms with Crippen LogP contribution in [0.1, 0.15) is 0 Å². The first-order valence-corrected chi connectivity index (χ1v) is 10.2. The third-order valence-electron chi connectivity index (χ3n) is 5.40. The van der Waals surface area contributed by atoms with E-state index in [0.717, 1.165) is 0 Å². The molecule has 5 rings (SSSR count). The van der Waals surface area contributed by atoms with Crippen molar-refractivity contribution in [2.45, 2.75) is 0 Å². The van der Waals surface area contributed by atoms with Crippen molar-refractivity contribution >= 4 is 45.1 Å². The first-order valence-electron chi connectivity index (χ1n) is 10.2. The number of nitro groups is 1. The lowest BCUT2D eigenvalue weighted by Gasteiger charge is -2.21. The van der Waals surface area contributed by atoms with Gasteiger partial charge in [0, 0.05) is 0 Å². The summed E-state index contributed by atoms with van der Waals surface area (Å²) in [5.41, 5.74) is 1.32. The van der Waals surface area contributed by atoms with Gasteiger partial charge in [-0.15, -0.1) is 0 Å². The van der Waals surface area contributed by atoms with Gasteiger partial charge in [0.1, 0.15) is 5.69 Å². The molecule has 0 aliphatic heterocycles. The van der Waals surface area contributed by atoms with Gasteiger partial charge in [-0.2, -0.15) is 0 Å². The van der Waals surface area contributed by atoms with Gasteiger partial charge in [0.15, 0.2) is 5.69 Å². The van der Waals surface area contributed by atoms with Crippen molar-refractivity contribution in [1.82, 2.24) is 15.0 Å². The highest BCUT2D eigenvalue weighted by Gasteiger charge is 2.28. The van der Waals surface area contributed by atoms with Crippen LogP contribution >= 0.6 is 0 Å². The summed E-state index contributed by atoms with van der Waals surface area (Å²) in [5.74, 6) is 0. The van der Waals surface area contributed by atoms with Crippen LogP contribution in [0.2, 0.25) is 0 Å². The first-order chi connectivity index (χ1) is 16.5. The van der Waals surface area contributed by atoms with E-state index in [1.54, 1.807) is 66.7 Å². The largest absolute Gasteiger partial charge is 0.452 e. The van der Waals surface area contributed by atoms with Crippen molar-refractivity contribution in [3.63, 3.8) is 0 Å². The number of hydrogen-bond acceptors (Lipinski definition) is 6. The maximum Gasteiger partial charge on any atom is 0.418 e. The number of benzene rings is 3. The first kappa shape index (κ1) is 20.9. The second-order valence-corrected chi connectivity index (χ2v) is 7.41. The van der Waals surface area contributed by atoms with Gasteiger partial charge in [-0.25, -0.2) is 14.7 Å². The molecule has 2 heterocycles. The van der Waals surface area contributed by atoms with Gasteiger partial charge >= 0.3 is 11.8 Å². The van der Waals surface area contributed by atoms with Gasteiger partial charge in [0.2, 0.25) is 0 Å². The number of methoxy groups -OCH3 is 1. The summed E-state index contributed by atoms with van der Waals surface area (Å²) in [6, 6.07) is 20.4. The minimum absolute atomic E-state index is 0.0199. The molecule has 0 saturated carbocycles. The number of aromatic nitrogens is 3. The zero-order chi connectivity index (χ0) is 23.8. The van der Waals surface area contributed by atoms with E-state index in [-0.39, 0.29) is 22.5 Å². The summed E-state index contributed by atoms with van der Waals surface area (Å²) >= 11 is 0. The third-order valence-corrected chi connectivity index (χ3v) is 5.40. The Morgan fingerprint density at radius 3 is 2.44 bits per heavy atom. The Morgan fingerprint density at radius 1 is 0.971 bits per heavy atom. The standard InChI is InChI=1S/C24H17N5O5/c1-34-24(31)28(14-7-3-2-4-8-14)15-11-12-17-16(13-15)22(29(32)33)20(25-17)21-23(30)27-19-10-6-5-9-18(19)26-21/h2-13,25H,1H3,(H,27,30). The van der Waals surface area contributed by atoms with E-state index in [1.165, 1.54) is 18.1 Å². The number of anilines is 2. The highest BCUT2D eigenvalue weighted by atomic mass is 16.6. The molecular weight excluding hydrogens is 438 g/mol. The summed E-state index contributed by atoms with van der Waals surface area (Å²) in [6.07, 6.45) is -0.656. The van der Waals surface area contributed by atoms with Gasteiger partial charge in [-0.1, -0.05) is 30.3 Å². The molecule has 0 aliphatic rings. The average Bonchev–Trinajstić information content (AvgIpc) is 3.23. The van der Waals surface area contributed by atoms with Gasteiger partial charge in [0.25, 0.3) is 5.56 Å². The number of rotatable bonds is 4. The predicted octanol–water partition coefficient (Wildman–Crippen LogP) is 4.88. The number of fused-ring (bicyclic) bond motifs is 2. The van der Waals surface area contributed by atoms with Crippen LogP contribution in [-0.2, 0) is 4.74 Å². The number of carbonyl (C=O) groups is 1. The number of hydrogen-bond donors (Lipinski definition) is 2. The molecule has 0 bridgehead atoms. The SMILES string of the molecule is COC(=O)N(c1ccccc1)c1ccc2[nH]c(-c3nc4ccccc4[nH]c3=O)c([N+](=O)[O-])c2c1. The Labute approximate surface area is 191 Å². The van der Waals surface area contributed by atoms with Crippen LogP contribution in [0, 0.1) is 10.1 Å². The average molecular weight is 455 g/mol. The van der Waals surface area contributed by atoms with Crippen LogP contribution in [0.15, 0.2) is 77.6 Å². The summed E-state index contributed by atoms with van der Waals surface area (Å²) < 4.78 is 4.93. The number of nitrogens with one attached hydrogen (secondary N) is 2. The molecule has 0 fully saturated rings. The number of H-pyrrole nitrogens is 2. The molecule has 0 radical (unpaired) electrons. The smallest absolute Gasteiger partial charge is 0.418 e. The van der Waals surface area contributed by atoms with Crippen molar-refractivity contribution < 1.29 is 14.5 Å². The molecule has 0 spiro atoms. The number of aromatic amines is 2. The summed E-state index contributed by atoms with van der Waals surface area (Å²) in [6.45, 7) is 0. The van der Waals surface area contributed by atoms with E-state index in [2.05, 4.69) is 15.0 Å². The second kappa shape index (κ2) is 8.17. The summed E-state index contributed by atoms with van der Waals surface area (Å²) in [7, 11) is 1.26. The number of ether oxygens (including phenoxy) is 1. The lowest BCUT2D eigenvalue weighted by atomic mass is 10.1. The fraction of sp³-hybridized carbons (Fsp3) is 0.0417. The Balaban J connectivity index is 1.74. The van der Waals surface area contributed by atoms with E-state index < -0.39 is 16.6 Å².